The van der Waals surface area contributed by atoms with E-state index in [1.54, 1.807) is 12.1 Å². The van der Waals surface area contributed by atoms with Crippen LogP contribution in [0.4, 0.5) is 10.5 Å². The summed E-state index contributed by atoms with van der Waals surface area (Å²) >= 11 is 3.59. The second kappa shape index (κ2) is 14.0. The van der Waals surface area contributed by atoms with Gasteiger partial charge in [-0.15, -0.1) is 10.2 Å². The van der Waals surface area contributed by atoms with E-state index in [0.717, 1.165) is 46.8 Å². The number of benzene rings is 2. The summed E-state index contributed by atoms with van der Waals surface area (Å²) in [5, 5.41) is 19.8. The molecule has 1 aromatic heterocycles. The van der Waals surface area contributed by atoms with Crippen LogP contribution in [0.1, 0.15) is 64.0 Å². The van der Waals surface area contributed by atoms with E-state index in [-0.39, 0.29) is 24.0 Å². The molecule has 0 radical (unpaired) electrons. The molecule has 2 amide bonds. The predicted molar refractivity (Wildman–Crippen MR) is 164 cm³/mol. The van der Waals surface area contributed by atoms with Crippen molar-refractivity contribution in [2.45, 2.75) is 71.8 Å². The number of ketones is 1. The zero-order valence-electron chi connectivity index (χ0n) is 24.6. The van der Waals surface area contributed by atoms with Crippen molar-refractivity contribution in [2.75, 3.05) is 11.9 Å². The van der Waals surface area contributed by atoms with Gasteiger partial charge in [-0.1, -0.05) is 28.1 Å². The molecule has 0 unspecified atom stereocenters. The first-order chi connectivity index (χ1) is 20.0. The van der Waals surface area contributed by atoms with Gasteiger partial charge in [-0.25, -0.2) is 4.79 Å². The molecular weight excluding hydrogens is 600 g/mol. The highest BCUT2D eigenvalue weighted by Gasteiger charge is 2.31. The Labute approximate surface area is 254 Å². The Morgan fingerprint density at radius 3 is 2.40 bits per heavy atom. The number of carbonyl (C=O) groups excluding carboxylic acids is 3. The maximum atomic E-state index is 13.5. The number of hydrogen-bond donors (Lipinski definition) is 3. The molecule has 1 fully saturated rings. The molecule has 3 N–H and O–H groups in total. The summed E-state index contributed by atoms with van der Waals surface area (Å²) in [7, 11) is 0. The number of nitrogens with one attached hydrogen (secondary N) is 3. The average Bonchev–Trinajstić information content (AvgIpc) is 3.48. The molecule has 0 bridgehead atoms. The van der Waals surface area contributed by atoms with Gasteiger partial charge in [0.25, 0.3) is 0 Å². The zero-order valence-corrected chi connectivity index (χ0v) is 26.2. The molecule has 1 aliphatic carbocycles. The van der Waals surface area contributed by atoms with Gasteiger partial charge in [0.15, 0.2) is 0 Å². The molecule has 42 heavy (non-hydrogen) atoms. The first-order valence-corrected chi connectivity index (χ1v) is 15.2. The highest BCUT2D eigenvalue weighted by Crippen LogP contribution is 2.32. The van der Waals surface area contributed by atoms with E-state index in [2.05, 4.69) is 47.2 Å². The molecule has 224 valence electrons. The molecule has 0 saturated heterocycles. The molecule has 4 rings (SSSR count). The van der Waals surface area contributed by atoms with Crippen LogP contribution >= 0.6 is 15.9 Å². The molecule has 3 aromatic rings. The van der Waals surface area contributed by atoms with E-state index < -0.39 is 17.6 Å². The van der Waals surface area contributed by atoms with Crippen LogP contribution in [0.5, 0.6) is 0 Å². The quantitative estimate of drug-likeness (QED) is 0.246. The Balaban J connectivity index is 1.37. The zero-order chi connectivity index (χ0) is 30.3. The van der Waals surface area contributed by atoms with Crippen molar-refractivity contribution in [1.82, 2.24) is 25.9 Å². The number of Topliss-reactive ketones (excluding diaryl/α,β-unsaturated/α-hetero) is 1. The van der Waals surface area contributed by atoms with E-state index in [9.17, 15) is 14.4 Å². The van der Waals surface area contributed by atoms with Crippen molar-refractivity contribution in [3.05, 3.63) is 58.1 Å². The van der Waals surface area contributed by atoms with Crippen molar-refractivity contribution in [3.8, 4) is 11.4 Å². The third-order valence-corrected chi connectivity index (χ3v) is 8.38. The second-order valence-corrected chi connectivity index (χ2v) is 12.9. The molecule has 0 aliphatic heterocycles. The number of hydrogen-bond acceptors (Lipinski definition) is 7. The minimum absolute atomic E-state index is 0.0860. The van der Waals surface area contributed by atoms with Crippen LogP contribution in [0.25, 0.3) is 11.4 Å². The highest BCUT2D eigenvalue weighted by molar-refractivity contribution is 9.10. The number of H-pyrrole nitrogens is 1. The van der Waals surface area contributed by atoms with Crippen LogP contribution < -0.4 is 10.6 Å². The van der Waals surface area contributed by atoms with Crippen LogP contribution in [0.3, 0.4) is 0 Å². The lowest BCUT2D eigenvalue weighted by atomic mass is 9.77. The fourth-order valence-electron chi connectivity index (χ4n) is 5.18. The number of amides is 2. The van der Waals surface area contributed by atoms with Gasteiger partial charge in [0.1, 0.15) is 11.4 Å². The first-order valence-electron chi connectivity index (χ1n) is 14.4. The van der Waals surface area contributed by atoms with E-state index >= 15 is 0 Å². The number of anilines is 1. The Morgan fingerprint density at radius 2 is 1.79 bits per heavy atom. The molecular formula is C31H39BrN6O4. The summed E-state index contributed by atoms with van der Waals surface area (Å²) in [6, 6.07) is 13.2. The Morgan fingerprint density at radius 1 is 1.07 bits per heavy atom. The van der Waals surface area contributed by atoms with Crippen LogP contribution in [0.15, 0.2) is 46.9 Å². The second-order valence-electron chi connectivity index (χ2n) is 12.1. The normalized spacial score (nSPS) is 17.7. The predicted octanol–water partition coefficient (Wildman–Crippen LogP) is 6.03. The molecule has 2 aromatic carbocycles. The van der Waals surface area contributed by atoms with E-state index in [0.29, 0.717) is 30.4 Å². The van der Waals surface area contributed by atoms with Crippen molar-refractivity contribution in [3.63, 3.8) is 0 Å². The monoisotopic (exact) mass is 638 g/mol. The van der Waals surface area contributed by atoms with E-state index in [1.165, 1.54) is 0 Å². The van der Waals surface area contributed by atoms with Crippen molar-refractivity contribution in [2.24, 2.45) is 17.8 Å². The number of aryl methyl sites for hydroxylation is 1. The van der Waals surface area contributed by atoms with Crippen molar-refractivity contribution < 1.29 is 19.1 Å². The molecule has 1 aliphatic rings. The summed E-state index contributed by atoms with van der Waals surface area (Å²) in [4.78, 5) is 39.0. The number of alkyl carbamates (subject to hydrolysis) is 1. The molecule has 1 heterocycles. The summed E-state index contributed by atoms with van der Waals surface area (Å²) in [6.45, 7) is 8.06. The maximum Gasteiger partial charge on any atom is 0.407 e. The number of halogens is 1. The largest absolute Gasteiger partial charge is 0.444 e. The van der Waals surface area contributed by atoms with Gasteiger partial charge in [-0.05, 0) is 112 Å². The van der Waals surface area contributed by atoms with Gasteiger partial charge >= 0.3 is 6.09 Å². The fourth-order valence-corrected chi connectivity index (χ4v) is 5.60. The number of carbonyl (C=O) groups is 3. The Hall–Kier alpha value is -3.60. The molecule has 0 spiro atoms. The molecule has 1 saturated carbocycles. The number of nitrogens with zero attached hydrogens (tertiary/aromatic N) is 3. The van der Waals surface area contributed by atoms with Crippen LogP contribution in [-0.2, 0) is 20.7 Å². The first kappa shape index (κ1) is 31.3. The number of rotatable bonds is 10. The summed E-state index contributed by atoms with van der Waals surface area (Å²) < 4.78 is 6.30. The minimum Gasteiger partial charge on any atom is -0.444 e. The summed E-state index contributed by atoms with van der Waals surface area (Å²) in [5.41, 5.74) is 2.97. The Bertz CT molecular complexity index is 1360. The van der Waals surface area contributed by atoms with Gasteiger partial charge in [0.2, 0.25) is 11.7 Å². The lowest BCUT2D eigenvalue weighted by Gasteiger charge is -2.29. The topological polar surface area (TPSA) is 139 Å². The lowest BCUT2D eigenvalue weighted by molar-refractivity contribution is -0.129. The third kappa shape index (κ3) is 9.20. The third-order valence-electron chi connectivity index (χ3n) is 7.53. The SMILES string of the molecule is Cc1ccc(C[C@H](CC(=O)C2CCC(CNC(=O)OC(C)(C)C)CC2)C(=O)Nc2ccc(-c3nn[nH]n3)cc2)cc1Br. The van der Waals surface area contributed by atoms with Gasteiger partial charge < -0.3 is 15.4 Å². The summed E-state index contributed by atoms with van der Waals surface area (Å²) in [5.74, 6) is 0.0974. The number of aromatic nitrogens is 4. The lowest BCUT2D eigenvalue weighted by Crippen LogP contribution is -2.37. The van der Waals surface area contributed by atoms with Gasteiger partial charge in [-0.3, -0.25) is 9.59 Å². The van der Waals surface area contributed by atoms with Crippen LogP contribution in [0, 0.1) is 24.7 Å². The molecule has 10 nitrogen and oxygen atoms in total. The minimum atomic E-state index is -0.537. The summed E-state index contributed by atoms with van der Waals surface area (Å²) in [6.07, 6.45) is 3.41. The average molecular weight is 640 g/mol. The maximum absolute atomic E-state index is 13.5. The standard InChI is InChI=1S/C31H39BrN6O4/c1-19-5-6-21(16-26(19)32)15-24(29(40)34-25-13-11-23(12-14-25)28-35-37-38-36-28)17-27(39)22-9-7-20(8-10-22)18-33-30(41)42-31(2,3)4/h5-6,11-14,16,20,22,24H,7-10,15,17-18H2,1-4H3,(H,33,41)(H,34,40)(H,35,36,37,38)/t20?,22?,24-/m1/s1. The van der Waals surface area contributed by atoms with Gasteiger partial charge in [-0.2, -0.15) is 5.21 Å². The van der Waals surface area contributed by atoms with Crippen LogP contribution in [-0.4, -0.2) is 50.6 Å². The van der Waals surface area contributed by atoms with Crippen molar-refractivity contribution >= 4 is 39.4 Å². The number of tetrazole rings is 1. The molecule has 1 atom stereocenters. The smallest absolute Gasteiger partial charge is 0.407 e. The van der Waals surface area contributed by atoms with Crippen molar-refractivity contribution in [1.29, 1.82) is 0 Å². The number of aromatic amines is 1. The highest BCUT2D eigenvalue weighted by atomic mass is 79.9. The fraction of sp³-hybridized carbons (Fsp3) is 0.484. The Kier molecular flexibility index (Phi) is 10.5. The van der Waals surface area contributed by atoms with E-state index in [1.807, 2.05) is 58.0 Å². The van der Waals surface area contributed by atoms with Crippen LogP contribution in [0.2, 0.25) is 0 Å². The van der Waals surface area contributed by atoms with E-state index in [4.69, 9.17) is 4.74 Å². The van der Waals surface area contributed by atoms with Gasteiger partial charge in [0, 0.05) is 40.5 Å². The van der Waals surface area contributed by atoms with Gasteiger partial charge in [0.05, 0.1) is 0 Å². The number of ether oxygens (including phenoxy) is 1. The molecule has 11 heteroatoms.